The zero-order valence-electron chi connectivity index (χ0n) is 15.5. The van der Waals surface area contributed by atoms with Gasteiger partial charge in [0, 0.05) is 18.2 Å². The minimum absolute atomic E-state index is 0.127. The van der Waals surface area contributed by atoms with E-state index in [-0.39, 0.29) is 17.2 Å². The largest absolute Gasteiger partial charge is 0.369 e. The van der Waals surface area contributed by atoms with Crippen LogP contribution >= 0.6 is 0 Å². The Morgan fingerprint density at radius 2 is 1.72 bits per heavy atom. The number of nitrogens with two attached hydrogens (primary N) is 1. The molecule has 25 heavy (non-hydrogen) atoms. The second-order valence-corrected chi connectivity index (χ2v) is 9.67. The van der Waals surface area contributed by atoms with Gasteiger partial charge in [-0.1, -0.05) is 32.9 Å². The summed E-state index contributed by atoms with van der Waals surface area (Å²) in [5, 5.41) is 0. The number of benzene rings is 1. The average molecular weight is 340 g/mol. The number of hydrogen-bond acceptors (Lipinski definition) is 2. The summed E-state index contributed by atoms with van der Waals surface area (Å²) in [6.07, 6.45) is 5.01. The van der Waals surface area contributed by atoms with Crippen LogP contribution in [0.1, 0.15) is 68.8 Å². The number of primary amides is 1. The predicted molar refractivity (Wildman–Crippen MR) is 97.1 cm³/mol. The summed E-state index contributed by atoms with van der Waals surface area (Å²) < 4.78 is 0. The molecule has 4 rings (SSSR count). The van der Waals surface area contributed by atoms with Gasteiger partial charge in [-0.05, 0) is 60.6 Å². The molecular weight excluding hydrogens is 312 g/mol. The van der Waals surface area contributed by atoms with Gasteiger partial charge < -0.3 is 10.6 Å². The third kappa shape index (κ3) is 2.66. The van der Waals surface area contributed by atoms with Crippen molar-refractivity contribution >= 4 is 11.8 Å². The van der Waals surface area contributed by atoms with Gasteiger partial charge in [-0.3, -0.25) is 9.59 Å². The van der Waals surface area contributed by atoms with Crippen LogP contribution in [0.5, 0.6) is 0 Å². The zero-order valence-corrected chi connectivity index (χ0v) is 15.5. The monoisotopic (exact) mass is 340 g/mol. The van der Waals surface area contributed by atoms with E-state index in [4.69, 9.17) is 5.73 Å². The fourth-order valence-corrected chi connectivity index (χ4v) is 5.60. The average Bonchev–Trinajstić information content (AvgIpc) is 3.28. The second kappa shape index (κ2) is 5.09. The molecule has 2 saturated carbocycles. The Balaban J connectivity index is 1.55. The highest BCUT2D eigenvalue weighted by Gasteiger charge is 2.52. The van der Waals surface area contributed by atoms with Crippen molar-refractivity contribution < 1.29 is 9.59 Å². The quantitative estimate of drug-likeness (QED) is 0.918. The molecule has 0 aromatic heterocycles. The number of likely N-dealkylation sites (tertiary alicyclic amines) is 1. The van der Waals surface area contributed by atoms with Crippen LogP contribution < -0.4 is 5.73 Å². The smallest absolute Gasteiger partial charge is 0.254 e. The van der Waals surface area contributed by atoms with Crippen LogP contribution in [0.3, 0.4) is 0 Å². The van der Waals surface area contributed by atoms with Gasteiger partial charge in [-0.25, -0.2) is 0 Å². The number of carbonyl (C=O) groups excluding carboxylic acids is 2. The van der Waals surface area contributed by atoms with E-state index in [1.54, 1.807) is 0 Å². The van der Waals surface area contributed by atoms with Crippen LogP contribution in [0.15, 0.2) is 24.3 Å². The van der Waals surface area contributed by atoms with E-state index in [0.29, 0.717) is 11.5 Å². The minimum Gasteiger partial charge on any atom is -0.369 e. The molecule has 2 unspecified atom stereocenters. The van der Waals surface area contributed by atoms with E-state index in [1.807, 2.05) is 24.3 Å². The molecule has 2 atom stereocenters. The van der Waals surface area contributed by atoms with Crippen molar-refractivity contribution in [3.05, 3.63) is 35.4 Å². The topological polar surface area (TPSA) is 63.4 Å². The van der Waals surface area contributed by atoms with Gasteiger partial charge >= 0.3 is 0 Å². The highest BCUT2D eigenvalue weighted by atomic mass is 16.2. The number of fused-ring (bicyclic) bond motifs is 2. The molecule has 1 aliphatic heterocycles. The lowest BCUT2D eigenvalue weighted by atomic mass is 9.65. The van der Waals surface area contributed by atoms with Crippen molar-refractivity contribution in [1.29, 1.82) is 0 Å². The van der Waals surface area contributed by atoms with Crippen LogP contribution in [0.25, 0.3) is 0 Å². The summed E-state index contributed by atoms with van der Waals surface area (Å²) in [5.74, 6) is -0.128. The third-order valence-corrected chi connectivity index (χ3v) is 6.58. The molecular formula is C21H28N2O2. The normalized spacial score (nSPS) is 31.6. The summed E-state index contributed by atoms with van der Waals surface area (Å²) in [4.78, 5) is 26.9. The molecule has 2 bridgehead atoms. The Kier molecular flexibility index (Phi) is 3.38. The maximum absolute atomic E-state index is 13.1. The Labute approximate surface area is 149 Å². The van der Waals surface area contributed by atoms with Crippen molar-refractivity contribution in [3.63, 3.8) is 0 Å². The Bertz CT molecular complexity index is 733. The van der Waals surface area contributed by atoms with Gasteiger partial charge in [0.25, 0.3) is 5.91 Å². The Morgan fingerprint density at radius 3 is 2.28 bits per heavy atom. The molecule has 2 aliphatic carbocycles. The summed E-state index contributed by atoms with van der Waals surface area (Å²) >= 11 is 0. The lowest BCUT2D eigenvalue weighted by molar-refractivity contribution is -0.120. The van der Waals surface area contributed by atoms with E-state index in [2.05, 4.69) is 25.7 Å². The number of rotatable bonds is 3. The Morgan fingerprint density at radius 1 is 1.08 bits per heavy atom. The molecule has 134 valence electrons. The molecule has 1 aromatic rings. The second-order valence-electron chi connectivity index (χ2n) is 9.67. The summed E-state index contributed by atoms with van der Waals surface area (Å²) in [5.41, 5.74) is 7.28. The van der Waals surface area contributed by atoms with Crippen molar-refractivity contribution in [2.45, 2.75) is 64.3 Å². The first kappa shape index (κ1) is 16.6. The number of carbonyl (C=O) groups is 2. The van der Waals surface area contributed by atoms with Gasteiger partial charge in [0.2, 0.25) is 5.91 Å². The van der Waals surface area contributed by atoms with Crippen LogP contribution in [0, 0.1) is 10.8 Å². The van der Waals surface area contributed by atoms with E-state index in [1.165, 1.54) is 6.42 Å². The molecule has 0 radical (unpaired) electrons. The van der Waals surface area contributed by atoms with E-state index >= 15 is 0 Å². The molecule has 4 heteroatoms. The molecule has 1 heterocycles. The van der Waals surface area contributed by atoms with Crippen molar-refractivity contribution in [3.8, 4) is 0 Å². The van der Waals surface area contributed by atoms with Crippen LogP contribution in [0.2, 0.25) is 0 Å². The predicted octanol–water partition coefficient (Wildman–Crippen LogP) is 3.24. The fraction of sp³-hybridized carbons (Fsp3) is 0.619. The first-order chi connectivity index (χ1) is 11.6. The zero-order chi connectivity index (χ0) is 18.0. The maximum atomic E-state index is 13.1. The summed E-state index contributed by atoms with van der Waals surface area (Å²) in [6, 6.07) is 7.92. The molecule has 2 N–H and O–H groups in total. The fourth-order valence-electron chi connectivity index (χ4n) is 5.60. The third-order valence-electron chi connectivity index (χ3n) is 6.58. The Hall–Kier alpha value is -1.84. The molecule has 1 aromatic carbocycles. The van der Waals surface area contributed by atoms with Crippen molar-refractivity contribution in [1.82, 2.24) is 4.90 Å². The van der Waals surface area contributed by atoms with Gasteiger partial charge in [0.05, 0.1) is 5.41 Å². The van der Waals surface area contributed by atoms with Gasteiger partial charge in [-0.15, -0.1) is 0 Å². The number of nitrogens with zero attached hydrogens (tertiary/aromatic N) is 1. The lowest BCUT2D eigenvalue weighted by Gasteiger charge is -2.39. The van der Waals surface area contributed by atoms with E-state index < -0.39 is 5.41 Å². The lowest BCUT2D eigenvalue weighted by Crippen LogP contribution is -2.37. The van der Waals surface area contributed by atoms with Crippen LogP contribution in [-0.2, 0) is 10.2 Å². The standard InChI is InChI=1S/C21H28N2O2/c1-19(2)10-16-11-20(3,12-19)13-23(16)17(24)14-4-6-15(7-5-14)21(8-9-21)18(22)25/h4-7,16H,8-13H2,1-3H3,(H2,22,25). The summed E-state index contributed by atoms with van der Waals surface area (Å²) in [7, 11) is 0. The molecule has 4 nitrogen and oxygen atoms in total. The van der Waals surface area contributed by atoms with Crippen LogP contribution in [-0.4, -0.2) is 29.3 Å². The SMILES string of the molecule is CC1(C)CC2CC(C)(CN2C(=O)c2ccc(C3(C(N)=O)CC3)cc2)C1. The molecule has 2 amide bonds. The molecule has 0 spiro atoms. The van der Waals surface area contributed by atoms with Gasteiger partial charge in [0.15, 0.2) is 0 Å². The van der Waals surface area contributed by atoms with Gasteiger partial charge in [0.1, 0.15) is 0 Å². The first-order valence-corrected chi connectivity index (χ1v) is 9.36. The highest BCUT2D eigenvalue weighted by Crippen LogP contribution is 2.53. The molecule has 1 saturated heterocycles. The van der Waals surface area contributed by atoms with Gasteiger partial charge in [-0.2, -0.15) is 0 Å². The number of hydrogen-bond donors (Lipinski definition) is 1. The van der Waals surface area contributed by atoms with Crippen molar-refractivity contribution in [2.75, 3.05) is 6.54 Å². The molecule has 3 aliphatic rings. The van der Waals surface area contributed by atoms with Crippen molar-refractivity contribution in [2.24, 2.45) is 16.6 Å². The van der Waals surface area contributed by atoms with E-state index in [9.17, 15) is 9.59 Å². The number of amides is 2. The first-order valence-electron chi connectivity index (χ1n) is 9.36. The maximum Gasteiger partial charge on any atom is 0.254 e. The van der Waals surface area contributed by atoms with E-state index in [0.717, 1.165) is 43.4 Å². The minimum atomic E-state index is -0.483. The summed E-state index contributed by atoms with van der Waals surface area (Å²) in [6.45, 7) is 7.81. The highest BCUT2D eigenvalue weighted by molar-refractivity contribution is 5.95. The molecule has 3 fully saturated rings. The van der Waals surface area contributed by atoms with Crippen LogP contribution in [0.4, 0.5) is 0 Å².